The topological polar surface area (TPSA) is 98.3 Å². The second kappa shape index (κ2) is 14.9. The van der Waals surface area contributed by atoms with Crippen molar-refractivity contribution in [3.05, 3.63) is 84.2 Å². The van der Waals surface area contributed by atoms with E-state index in [1.165, 1.54) is 0 Å². The molecule has 0 unspecified atom stereocenters. The highest BCUT2D eigenvalue weighted by Gasteiger charge is 2.24. The summed E-state index contributed by atoms with van der Waals surface area (Å²) in [4.78, 5) is 49.9. The summed E-state index contributed by atoms with van der Waals surface area (Å²) in [5.74, 6) is 0.0237. The molecule has 0 spiro atoms. The number of likely N-dealkylation sites (N-methyl/N-ethyl adjacent to an activating group) is 1. The standard InChI is InChI=1S/C34H42N6O4/c1-26(41)40-22-20-39(21-23-40)25-27-12-13-32(35-24-27)33(42)37(2)18-19-38-16-14-29(15-17-38)44-34(43)36-31-11-7-6-10-30(31)28-8-4-3-5-9-28/h3-13,24,29H,14-23,25H2,1-2H3,(H,36,43). The van der Waals surface area contributed by atoms with Crippen LogP contribution in [0.2, 0.25) is 0 Å². The molecule has 0 aliphatic carbocycles. The number of carbonyl (C=O) groups is 3. The fourth-order valence-electron chi connectivity index (χ4n) is 5.72. The number of aromatic nitrogens is 1. The third kappa shape index (κ3) is 8.42. The lowest BCUT2D eigenvalue weighted by Crippen LogP contribution is -2.47. The first-order valence-electron chi connectivity index (χ1n) is 15.4. The van der Waals surface area contributed by atoms with Crippen molar-refractivity contribution in [2.45, 2.75) is 32.4 Å². The maximum absolute atomic E-state index is 13.0. The second-order valence-electron chi connectivity index (χ2n) is 11.5. The number of nitrogens with one attached hydrogen (secondary N) is 1. The van der Waals surface area contributed by atoms with Crippen LogP contribution in [0.3, 0.4) is 0 Å². The van der Waals surface area contributed by atoms with Crippen LogP contribution in [0.4, 0.5) is 10.5 Å². The van der Waals surface area contributed by atoms with Gasteiger partial charge in [-0.3, -0.25) is 24.8 Å². The summed E-state index contributed by atoms with van der Waals surface area (Å²) in [7, 11) is 1.81. The van der Waals surface area contributed by atoms with E-state index in [1.807, 2.05) is 65.6 Å². The van der Waals surface area contributed by atoms with Gasteiger partial charge >= 0.3 is 6.09 Å². The van der Waals surface area contributed by atoms with Crippen molar-refractivity contribution in [2.75, 3.05) is 64.7 Å². The average molecular weight is 599 g/mol. The van der Waals surface area contributed by atoms with Crippen molar-refractivity contribution in [1.82, 2.24) is 24.6 Å². The molecule has 1 aromatic heterocycles. The Hall–Kier alpha value is -4.28. The van der Waals surface area contributed by atoms with Crippen molar-refractivity contribution in [1.29, 1.82) is 0 Å². The number of pyridine rings is 1. The zero-order valence-corrected chi connectivity index (χ0v) is 25.7. The first-order valence-corrected chi connectivity index (χ1v) is 15.4. The molecule has 3 aromatic rings. The van der Waals surface area contributed by atoms with Gasteiger partial charge < -0.3 is 19.4 Å². The molecular formula is C34H42N6O4. The van der Waals surface area contributed by atoms with Crippen LogP contribution < -0.4 is 5.32 Å². The average Bonchev–Trinajstić information content (AvgIpc) is 3.05. The van der Waals surface area contributed by atoms with Gasteiger partial charge in [-0.05, 0) is 36.1 Å². The van der Waals surface area contributed by atoms with E-state index in [2.05, 4.69) is 20.1 Å². The minimum Gasteiger partial charge on any atom is -0.446 e. The lowest BCUT2D eigenvalue weighted by Gasteiger charge is -2.34. The zero-order chi connectivity index (χ0) is 30.9. The van der Waals surface area contributed by atoms with Crippen LogP contribution in [-0.2, 0) is 16.1 Å². The van der Waals surface area contributed by atoms with E-state index in [9.17, 15) is 14.4 Å². The first kappa shape index (κ1) is 31.2. The Bertz CT molecular complexity index is 1400. The molecule has 2 aromatic carbocycles. The predicted molar refractivity (Wildman–Crippen MR) is 170 cm³/mol. The smallest absolute Gasteiger partial charge is 0.411 e. The number of benzene rings is 2. The Morgan fingerprint density at radius 2 is 1.59 bits per heavy atom. The summed E-state index contributed by atoms with van der Waals surface area (Å²) in [5, 5.41) is 2.92. The Morgan fingerprint density at radius 3 is 2.27 bits per heavy atom. The number of anilines is 1. The fourth-order valence-corrected chi connectivity index (χ4v) is 5.72. The highest BCUT2D eigenvalue weighted by molar-refractivity contribution is 5.92. The van der Waals surface area contributed by atoms with Crippen LogP contribution in [0.5, 0.6) is 0 Å². The van der Waals surface area contributed by atoms with E-state index in [0.717, 1.165) is 87.6 Å². The summed E-state index contributed by atoms with van der Waals surface area (Å²) in [6.45, 7) is 8.46. The van der Waals surface area contributed by atoms with Gasteiger partial charge in [-0.25, -0.2) is 4.79 Å². The number of hydrogen-bond acceptors (Lipinski definition) is 7. The first-order chi connectivity index (χ1) is 21.4. The van der Waals surface area contributed by atoms with E-state index in [4.69, 9.17) is 4.74 Å². The molecular weight excluding hydrogens is 556 g/mol. The van der Waals surface area contributed by atoms with Crippen LogP contribution in [0.1, 0.15) is 35.8 Å². The largest absolute Gasteiger partial charge is 0.446 e. The van der Waals surface area contributed by atoms with E-state index < -0.39 is 6.09 Å². The molecule has 2 saturated heterocycles. The van der Waals surface area contributed by atoms with Crippen LogP contribution in [0.25, 0.3) is 11.1 Å². The minimum absolute atomic E-state index is 0.0997. The van der Waals surface area contributed by atoms with E-state index >= 15 is 0 Å². The number of para-hydroxylation sites is 1. The number of piperazine rings is 1. The summed E-state index contributed by atoms with van der Waals surface area (Å²) in [6, 6.07) is 21.4. The molecule has 5 rings (SSSR count). The number of carbonyl (C=O) groups excluding carboxylic acids is 3. The molecule has 2 fully saturated rings. The SMILES string of the molecule is CC(=O)N1CCN(Cc2ccc(C(=O)N(C)CCN3CCC(OC(=O)Nc4ccccc4-c4ccccc4)CC3)nc2)CC1. The van der Waals surface area contributed by atoms with Gasteiger partial charge in [-0.2, -0.15) is 0 Å². The minimum atomic E-state index is -0.439. The molecule has 10 heteroatoms. The van der Waals surface area contributed by atoms with Gasteiger partial charge in [0.25, 0.3) is 5.91 Å². The summed E-state index contributed by atoms with van der Waals surface area (Å²) >= 11 is 0. The third-order valence-corrected chi connectivity index (χ3v) is 8.42. The predicted octanol–water partition coefficient (Wildman–Crippen LogP) is 4.20. The summed E-state index contributed by atoms with van der Waals surface area (Å²) < 4.78 is 5.76. The number of ether oxygens (including phenoxy) is 1. The summed E-state index contributed by atoms with van der Waals surface area (Å²) in [6.07, 6.45) is 2.69. The van der Waals surface area contributed by atoms with Gasteiger partial charge in [0.1, 0.15) is 11.8 Å². The van der Waals surface area contributed by atoms with Gasteiger partial charge in [0.15, 0.2) is 0 Å². The molecule has 232 valence electrons. The molecule has 2 aliphatic rings. The number of nitrogens with zero attached hydrogens (tertiary/aromatic N) is 5. The Kier molecular flexibility index (Phi) is 10.6. The molecule has 0 radical (unpaired) electrons. The van der Waals surface area contributed by atoms with Crippen molar-refractivity contribution >= 4 is 23.6 Å². The van der Waals surface area contributed by atoms with Gasteiger partial charge in [-0.1, -0.05) is 54.6 Å². The number of hydrogen-bond donors (Lipinski definition) is 1. The Balaban J connectivity index is 1.01. The fraction of sp³-hybridized carbons (Fsp3) is 0.412. The maximum Gasteiger partial charge on any atom is 0.411 e. The number of piperidine rings is 1. The molecule has 0 atom stereocenters. The van der Waals surface area contributed by atoms with Crippen LogP contribution in [0.15, 0.2) is 72.9 Å². The molecule has 44 heavy (non-hydrogen) atoms. The molecule has 10 nitrogen and oxygen atoms in total. The highest BCUT2D eigenvalue weighted by atomic mass is 16.6. The van der Waals surface area contributed by atoms with Gasteiger partial charge in [0.05, 0.1) is 5.69 Å². The van der Waals surface area contributed by atoms with E-state index in [1.54, 1.807) is 31.1 Å². The van der Waals surface area contributed by atoms with Crippen molar-refractivity contribution in [3.8, 4) is 11.1 Å². The highest BCUT2D eigenvalue weighted by Crippen LogP contribution is 2.28. The molecule has 2 aliphatic heterocycles. The van der Waals surface area contributed by atoms with Crippen molar-refractivity contribution < 1.29 is 19.1 Å². The number of likely N-dealkylation sites (tertiary alicyclic amines) is 1. The maximum atomic E-state index is 13.0. The van der Waals surface area contributed by atoms with E-state index in [-0.39, 0.29) is 17.9 Å². The molecule has 1 N–H and O–H groups in total. The third-order valence-electron chi connectivity index (χ3n) is 8.42. The zero-order valence-electron chi connectivity index (χ0n) is 25.7. The van der Waals surface area contributed by atoms with Gasteiger partial charge in [0, 0.05) is 84.6 Å². The summed E-state index contributed by atoms with van der Waals surface area (Å²) in [5.41, 5.74) is 4.20. The lowest BCUT2D eigenvalue weighted by molar-refractivity contribution is -0.130. The van der Waals surface area contributed by atoms with Crippen molar-refractivity contribution in [3.63, 3.8) is 0 Å². The number of rotatable bonds is 9. The Morgan fingerprint density at radius 1 is 0.886 bits per heavy atom. The molecule has 0 bridgehead atoms. The quantitative estimate of drug-likeness (QED) is 0.394. The van der Waals surface area contributed by atoms with Crippen LogP contribution in [-0.4, -0.2) is 108 Å². The lowest BCUT2D eigenvalue weighted by atomic mass is 10.0. The Labute approximate surface area is 259 Å². The van der Waals surface area contributed by atoms with Gasteiger partial charge in [0.2, 0.25) is 5.91 Å². The van der Waals surface area contributed by atoms with Crippen molar-refractivity contribution in [2.24, 2.45) is 0 Å². The molecule has 0 saturated carbocycles. The normalized spacial score (nSPS) is 16.4. The monoisotopic (exact) mass is 598 g/mol. The van der Waals surface area contributed by atoms with Crippen LogP contribution in [0, 0.1) is 0 Å². The second-order valence-corrected chi connectivity index (χ2v) is 11.5. The van der Waals surface area contributed by atoms with Gasteiger partial charge in [-0.15, -0.1) is 0 Å². The van der Waals surface area contributed by atoms with Crippen LogP contribution >= 0.6 is 0 Å². The molecule has 3 amide bonds. The number of amides is 3. The van der Waals surface area contributed by atoms with E-state index in [0.29, 0.717) is 12.2 Å². The molecule has 3 heterocycles.